The van der Waals surface area contributed by atoms with Crippen molar-refractivity contribution in [3.05, 3.63) is 39.9 Å². The van der Waals surface area contributed by atoms with Crippen LogP contribution in [0.2, 0.25) is 0 Å². The summed E-state index contributed by atoms with van der Waals surface area (Å²) in [5, 5.41) is 0. The van der Waals surface area contributed by atoms with Crippen LogP contribution >= 0.6 is 15.9 Å². The Morgan fingerprint density at radius 3 is 3.00 bits per heavy atom. The van der Waals surface area contributed by atoms with Crippen molar-refractivity contribution in [2.24, 2.45) is 0 Å². The van der Waals surface area contributed by atoms with Crippen molar-refractivity contribution in [1.82, 2.24) is 4.98 Å². The number of aromatic nitrogens is 1. The minimum atomic E-state index is -0.113. The van der Waals surface area contributed by atoms with Crippen LogP contribution in [-0.2, 0) is 0 Å². The van der Waals surface area contributed by atoms with Crippen LogP contribution in [0, 0.1) is 6.57 Å². The van der Waals surface area contributed by atoms with Crippen LogP contribution < -0.4 is 0 Å². The quantitative estimate of drug-likeness (QED) is 0.515. The fourth-order valence-corrected chi connectivity index (χ4v) is 1.36. The van der Waals surface area contributed by atoms with Crippen molar-refractivity contribution in [1.29, 1.82) is 0 Å². The van der Waals surface area contributed by atoms with Crippen LogP contribution in [0.25, 0.3) is 4.85 Å². The van der Waals surface area contributed by atoms with Gasteiger partial charge in [-0.15, -0.1) is 0 Å². The molecule has 0 aliphatic rings. The molecule has 0 aliphatic heterocycles. The largest absolute Gasteiger partial charge is 0.309 e. The van der Waals surface area contributed by atoms with E-state index in [2.05, 4.69) is 25.8 Å². The topological polar surface area (TPSA) is 17.2 Å². The van der Waals surface area contributed by atoms with E-state index in [1.54, 1.807) is 6.20 Å². The van der Waals surface area contributed by atoms with Gasteiger partial charge in [0.15, 0.2) is 0 Å². The zero-order valence-corrected chi connectivity index (χ0v) is 7.67. The molecule has 1 rings (SSSR count). The highest BCUT2D eigenvalue weighted by atomic mass is 79.9. The molecule has 11 heavy (non-hydrogen) atoms. The fraction of sp³-hybridized carbons (Fsp3) is 0.250. The maximum Gasteiger partial charge on any atom is 0.248 e. The molecule has 1 atom stereocenters. The van der Waals surface area contributed by atoms with Gasteiger partial charge in [-0.25, -0.2) is 11.6 Å². The van der Waals surface area contributed by atoms with Gasteiger partial charge in [-0.1, -0.05) is 0 Å². The average Bonchev–Trinajstić information content (AvgIpc) is 2.04. The molecule has 0 bridgehead atoms. The second-order valence-electron chi connectivity index (χ2n) is 2.19. The molecule has 56 valence electrons. The Hall–Kier alpha value is -0.880. The maximum atomic E-state index is 6.82. The van der Waals surface area contributed by atoms with E-state index in [0.29, 0.717) is 0 Å². The third-order valence-corrected chi connectivity index (χ3v) is 2.09. The monoisotopic (exact) mass is 210 g/mol. The van der Waals surface area contributed by atoms with Crippen molar-refractivity contribution in [2.75, 3.05) is 0 Å². The van der Waals surface area contributed by atoms with Gasteiger partial charge in [0.1, 0.15) is 4.60 Å². The summed E-state index contributed by atoms with van der Waals surface area (Å²) in [5.74, 6) is 0. The van der Waals surface area contributed by atoms with E-state index in [0.717, 1.165) is 10.2 Å². The van der Waals surface area contributed by atoms with E-state index in [1.807, 2.05) is 19.1 Å². The SMILES string of the molecule is [C-]#[N+]C(C)c1cccnc1Br. The Bertz CT molecular complexity index is 290. The zero-order chi connectivity index (χ0) is 8.27. The van der Waals surface area contributed by atoms with Gasteiger partial charge >= 0.3 is 0 Å². The van der Waals surface area contributed by atoms with Gasteiger partial charge in [0.25, 0.3) is 0 Å². The number of pyridine rings is 1. The van der Waals surface area contributed by atoms with Gasteiger partial charge in [-0.05, 0) is 28.1 Å². The Kier molecular flexibility index (Phi) is 2.61. The van der Waals surface area contributed by atoms with Gasteiger partial charge in [0.2, 0.25) is 6.04 Å². The van der Waals surface area contributed by atoms with Crippen molar-refractivity contribution in [2.45, 2.75) is 13.0 Å². The van der Waals surface area contributed by atoms with Crippen LogP contribution in [0.3, 0.4) is 0 Å². The molecular formula is C8H7BrN2. The fourth-order valence-electron chi connectivity index (χ4n) is 0.780. The lowest BCUT2D eigenvalue weighted by Crippen LogP contribution is -1.89. The Labute approximate surface area is 74.2 Å². The van der Waals surface area contributed by atoms with Crippen LogP contribution in [0.4, 0.5) is 0 Å². The highest BCUT2D eigenvalue weighted by Gasteiger charge is 2.11. The molecule has 1 aromatic heterocycles. The predicted molar refractivity (Wildman–Crippen MR) is 47.0 cm³/mol. The summed E-state index contributed by atoms with van der Waals surface area (Å²) >= 11 is 3.28. The summed E-state index contributed by atoms with van der Waals surface area (Å²) in [4.78, 5) is 7.42. The van der Waals surface area contributed by atoms with Crippen LogP contribution in [0.1, 0.15) is 18.5 Å². The number of hydrogen-bond donors (Lipinski definition) is 0. The van der Waals surface area contributed by atoms with E-state index >= 15 is 0 Å². The molecular weight excluding hydrogens is 204 g/mol. The van der Waals surface area contributed by atoms with Crippen LogP contribution in [-0.4, -0.2) is 4.98 Å². The molecule has 1 heterocycles. The van der Waals surface area contributed by atoms with Crippen molar-refractivity contribution >= 4 is 15.9 Å². The molecule has 0 fully saturated rings. The third kappa shape index (κ3) is 1.78. The van der Waals surface area contributed by atoms with Crippen LogP contribution in [0.15, 0.2) is 22.9 Å². The lowest BCUT2D eigenvalue weighted by atomic mass is 10.2. The Balaban J connectivity index is 3.05. The first-order valence-corrected chi connectivity index (χ1v) is 4.02. The molecule has 1 aromatic rings. The molecule has 3 heteroatoms. The summed E-state index contributed by atoms with van der Waals surface area (Å²) in [6.07, 6.45) is 1.70. The summed E-state index contributed by atoms with van der Waals surface area (Å²) in [7, 11) is 0. The molecule has 0 spiro atoms. The standard InChI is InChI=1S/C8H7BrN2/c1-6(10-2)7-4-3-5-11-8(7)9/h3-6H,1H3. The third-order valence-electron chi connectivity index (χ3n) is 1.43. The summed E-state index contributed by atoms with van der Waals surface area (Å²) < 4.78 is 0.767. The number of halogens is 1. The predicted octanol–water partition coefficient (Wildman–Crippen LogP) is 2.82. The molecule has 0 saturated heterocycles. The summed E-state index contributed by atoms with van der Waals surface area (Å²) in [5.41, 5.74) is 0.947. The lowest BCUT2D eigenvalue weighted by Gasteiger charge is -1.99. The Morgan fingerprint density at radius 2 is 2.45 bits per heavy atom. The highest BCUT2D eigenvalue weighted by Crippen LogP contribution is 2.22. The summed E-state index contributed by atoms with van der Waals surface area (Å²) in [6, 6.07) is 3.62. The number of nitrogens with zero attached hydrogens (tertiary/aromatic N) is 2. The van der Waals surface area contributed by atoms with E-state index < -0.39 is 0 Å². The maximum absolute atomic E-state index is 6.82. The molecule has 0 aromatic carbocycles. The normalized spacial score (nSPS) is 12.1. The van der Waals surface area contributed by atoms with E-state index in [1.165, 1.54) is 0 Å². The lowest BCUT2D eigenvalue weighted by molar-refractivity contribution is 0.935. The number of rotatable bonds is 1. The Morgan fingerprint density at radius 1 is 1.73 bits per heavy atom. The second kappa shape index (κ2) is 3.49. The van der Waals surface area contributed by atoms with E-state index in [-0.39, 0.29) is 6.04 Å². The second-order valence-corrected chi connectivity index (χ2v) is 2.94. The minimum Gasteiger partial charge on any atom is -0.309 e. The molecule has 2 nitrogen and oxygen atoms in total. The minimum absolute atomic E-state index is 0.113. The van der Waals surface area contributed by atoms with Gasteiger partial charge in [-0.3, -0.25) is 0 Å². The molecule has 0 radical (unpaired) electrons. The summed E-state index contributed by atoms with van der Waals surface area (Å²) in [6.45, 7) is 8.68. The molecule has 0 aliphatic carbocycles. The van der Waals surface area contributed by atoms with Crippen molar-refractivity contribution in [3.8, 4) is 0 Å². The first-order valence-electron chi connectivity index (χ1n) is 3.22. The van der Waals surface area contributed by atoms with Crippen molar-refractivity contribution < 1.29 is 0 Å². The van der Waals surface area contributed by atoms with Gasteiger partial charge in [0.05, 0.1) is 5.56 Å². The van der Waals surface area contributed by atoms with Gasteiger partial charge < -0.3 is 4.85 Å². The van der Waals surface area contributed by atoms with Gasteiger partial charge in [-0.2, -0.15) is 0 Å². The molecule has 0 amide bonds. The first-order chi connectivity index (χ1) is 5.25. The molecule has 0 N–H and O–H groups in total. The molecule has 1 unspecified atom stereocenters. The zero-order valence-electron chi connectivity index (χ0n) is 6.08. The highest BCUT2D eigenvalue weighted by molar-refractivity contribution is 9.10. The average molecular weight is 211 g/mol. The van der Waals surface area contributed by atoms with E-state index in [4.69, 9.17) is 6.57 Å². The number of hydrogen-bond acceptors (Lipinski definition) is 1. The van der Waals surface area contributed by atoms with Crippen molar-refractivity contribution in [3.63, 3.8) is 0 Å². The molecule has 0 saturated carbocycles. The van der Waals surface area contributed by atoms with Gasteiger partial charge in [0, 0.05) is 13.1 Å². The van der Waals surface area contributed by atoms with Crippen LogP contribution in [0.5, 0.6) is 0 Å². The van der Waals surface area contributed by atoms with E-state index in [9.17, 15) is 0 Å². The first kappa shape index (κ1) is 8.22. The smallest absolute Gasteiger partial charge is 0.248 e.